The van der Waals surface area contributed by atoms with Crippen molar-refractivity contribution in [2.45, 2.75) is 25.9 Å². The number of para-hydroxylation sites is 2. The molecule has 0 aliphatic carbocycles. The lowest BCUT2D eigenvalue weighted by Crippen LogP contribution is -2.50. The fraction of sp³-hybridized carbons (Fsp3) is 0.529. The van der Waals surface area contributed by atoms with E-state index in [4.69, 9.17) is 4.42 Å². The molecule has 1 aliphatic heterocycles. The molecule has 6 heteroatoms. The Labute approximate surface area is 135 Å². The van der Waals surface area contributed by atoms with E-state index in [0.717, 1.165) is 37.3 Å². The Hall–Kier alpha value is -1.92. The molecule has 1 atom stereocenters. The smallest absolute Gasteiger partial charge is 0.223 e. The SMILES string of the molecule is CC(O)CN1CCN(C(=O)CCc2nc3ccccc3o2)CC1. The van der Waals surface area contributed by atoms with Gasteiger partial charge in [0.1, 0.15) is 5.52 Å². The highest BCUT2D eigenvalue weighted by atomic mass is 16.3. The van der Waals surface area contributed by atoms with Gasteiger partial charge >= 0.3 is 0 Å². The number of piperazine rings is 1. The van der Waals surface area contributed by atoms with Crippen molar-refractivity contribution < 1.29 is 14.3 Å². The van der Waals surface area contributed by atoms with Crippen molar-refractivity contribution in [3.8, 4) is 0 Å². The van der Waals surface area contributed by atoms with Gasteiger partial charge in [-0.05, 0) is 19.1 Å². The Morgan fingerprint density at radius 1 is 1.30 bits per heavy atom. The summed E-state index contributed by atoms with van der Waals surface area (Å²) in [7, 11) is 0. The highest BCUT2D eigenvalue weighted by Gasteiger charge is 2.21. The zero-order valence-electron chi connectivity index (χ0n) is 13.4. The normalized spacial score (nSPS) is 17.6. The maximum absolute atomic E-state index is 12.3. The van der Waals surface area contributed by atoms with Gasteiger partial charge < -0.3 is 14.4 Å². The Balaban J connectivity index is 1.48. The van der Waals surface area contributed by atoms with Crippen molar-refractivity contribution in [3.63, 3.8) is 0 Å². The number of aliphatic hydroxyl groups is 1. The monoisotopic (exact) mass is 317 g/mol. The van der Waals surface area contributed by atoms with Crippen LogP contribution in [0.25, 0.3) is 11.1 Å². The van der Waals surface area contributed by atoms with E-state index in [1.54, 1.807) is 6.92 Å². The van der Waals surface area contributed by atoms with E-state index in [2.05, 4.69) is 9.88 Å². The standard InChI is InChI=1S/C17H23N3O3/c1-13(21)12-19-8-10-20(11-9-19)17(22)7-6-16-18-14-4-2-3-5-15(14)23-16/h2-5,13,21H,6-12H2,1H3. The van der Waals surface area contributed by atoms with Crippen molar-refractivity contribution >= 4 is 17.0 Å². The van der Waals surface area contributed by atoms with Gasteiger partial charge in [0.05, 0.1) is 6.10 Å². The summed E-state index contributed by atoms with van der Waals surface area (Å²) in [5.74, 6) is 0.760. The molecule has 1 fully saturated rings. The molecule has 6 nitrogen and oxygen atoms in total. The molecule has 1 unspecified atom stereocenters. The number of aryl methyl sites for hydroxylation is 1. The minimum absolute atomic E-state index is 0.143. The van der Waals surface area contributed by atoms with Crippen LogP contribution in [0.2, 0.25) is 0 Å². The van der Waals surface area contributed by atoms with Gasteiger partial charge in [-0.25, -0.2) is 4.98 Å². The second kappa shape index (κ2) is 7.10. The number of hydrogen-bond acceptors (Lipinski definition) is 5. The molecule has 0 bridgehead atoms. The van der Waals surface area contributed by atoms with Crippen LogP contribution in [-0.2, 0) is 11.2 Å². The lowest BCUT2D eigenvalue weighted by atomic mass is 10.2. The molecule has 1 aromatic heterocycles. The molecule has 1 aromatic carbocycles. The second-order valence-corrected chi connectivity index (χ2v) is 6.11. The van der Waals surface area contributed by atoms with Gasteiger partial charge in [-0.3, -0.25) is 9.69 Å². The topological polar surface area (TPSA) is 69.8 Å². The Morgan fingerprint density at radius 2 is 2.04 bits per heavy atom. The molecular formula is C17H23N3O3. The van der Waals surface area contributed by atoms with Gasteiger partial charge in [0.25, 0.3) is 0 Å². The number of fused-ring (bicyclic) bond motifs is 1. The first-order chi connectivity index (χ1) is 11.1. The molecule has 1 aliphatic rings. The number of benzene rings is 1. The average molecular weight is 317 g/mol. The summed E-state index contributed by atoms with van der Waals surface area (Å²) in [6.45, 7) is 5.54. The molecule has 1 N–H and O–H groups in total. The fourth-order valence-electron chi connectivity index (χ4n) is 2.95. The van der Waals surface area contributed by atoms with E-state index in [0.29, 0.717) is 25.3 Å². The van der Waals surface area contributed by atoms with E-state index in [1.165, 1.54) is 0 Å². The van der Waals surface area contributed by atoms with E-state index < -0.39 is 0 Å². The molecule has 0 spiro atoms. The number of β-amino-alcohol motifs (C(OH)–C–C–N with tert-alkyl or cyclic N) is 1. The predicted molar refractivity (Wildman–Crippen MR) is 87.0 cm³/mol. The van der Waals surface area contributed by atoms with Crippen LogP contribution in [0.5, 0.6) is 0 Å². The van der Waals surface area contributed by atoms with E-state index in [-0.39, 0.29) is 12.0 Å². The van der Waals surface area contributed by atoms with Crippen molar-refractivity contribution in [1.82, 2.24) is 14.8 Å². The van der Waals surface area contributed by atoms with Gasteiger partial charge in [-0.2, -0.15) is 0 Å². The average Bonchev–Trinajstić information content (AvgIpc) is 2.95. The van der Waals surface area contributed by atoms with Crippen molar-refractivity contribution in [3.05, 3.63) is 30.2 Å². The minimum atomic E-state index is -0.323. The number of aromatic nitrogens is 1. The summed E-state index contributed by atoms with van der Waals surface area (Å²) in [4.78, 5) is 20.8. The summed E-state index contributed by atoms with van der Waals surface area (Å²) in [6.07, 6.45) is 0.626. The summed E-state index contributed by atoms with van der Waals surface area (Å²) in [5, 5.41) is 9.41. The van der Waals surface area contributed by atoms with Crippen LogP contribution in [-0.4, -0.2) is 64.6 Å². The number of carbonyl (C=O) groups excluding carboxylic acids is 1. The highest BCUT2D eigenvalue weighted by Crippen LogP contribution is 2.16. The second-order valence-electron chi connectivity index (χ2n) is 6.11. The Kier molecular flexibility index (Phi) is 4.93. The van der Waals surface area contributed by atoms with E-state index in [9.17, 15) is 9.90 Å². The number of amides is 1. The third-order valence-electron chi connectivity index (χ3n) is 4.14. The molecule has 23 heavy (non-hydrogen) atoms. The lowest BCUT2D eigenvalue weighted by molar-refractivity contribution is -0.133. The van der Waals surface area contributed by atoms with Crippen LogP contribution in [0.1, 0.15) is 19.2 Å². The van der Waals surface area contributed by atoms with Crippen LogP contribution in [0.4, 0.5) is 0 Å². The van der Waals surface area contributed by atoms with Crippen LogP contribution in [0.3, 0.4) is 0 Å². The molecular weight excluding hydrogens is 294 g/mol. The summed E-state index contributed by atoms with van der Waals surface area (Å²) in [5.41, 5.74) is 1.60. The van der Waals surface area contributed by atoms with Crippen LogP contribution < -0.4 is 0 Å². The summed E-state index contributed by atoms with van der Waals surface area (Å²) >= 11 is 0. The van der Waals surface area contributed by atoms with Gasteiger partial charge in [-0.1, -0.05) is 12.1 Å². The fourth-order valence-corrected chi connectivity index (χ4v) is 2.95. The predicted octanol–water partition coefficient (Wildman–Crippen LogP) is 1.29. The summed E-state index contributed by atoms with van der Waals surface area (Å²) in [6, 6.07) is 7.63. The third-order valence-corrected chi connectivity index (χ3v) is 4.14. The van der Waals surface area contributed by atoms with Crippen LogP contribution >= 0.6 is 0 Å². The molecule has 3 rings (SSSR count). The number of rotatable bonds is 5. The number of nitrogens with zero attached hydrogens (tertiary/aromatic N) is 3. The van der Waals surface area contributed by atoms with Gasteiger partial charge in [-0.15, -0.1) is 0 Å². The van der Waals surface area contributed by atoms with Gasteiger partial charge in [0, 0.05) is 45.6 Å². The van der Waals surface area contributed by atoms with Gasteiger partial charge in [0.15, 0.2) is 11.5 Å². The highest BCUT2D eigenvalue weighted by molar-refractivity contribution is 5.77. The third kappa shape index (κ3) is 4.09. The largest absolute Gasteiger partial charge is 0.441 e. The number of carbonyl (C=O) groups is 1. The molecule has 2 heterocycles. The zero-order chi connectivity index (χ0) is 16.2. The first-order valence-corrected chi connectivity index (χ1v) is 8.14. The van der Waals surface area contributed by atoms with Crippen molar-refractivity contribution in [2.24, 2.45) is 0 Å². The molecule has 1 amide bonds. The zero-order valence-corrected chi connectivity index (χ0v) is 13.4. The quantitative estimate of drug-likeness (QED) is 0.900. The maximum atomic E-state index is 12.3. The Morgan fingerprint density at radius 3 is 2.74 bits per heavy atom. The number of oxazole rings is 1. The molecule has 2 aromatic rings. The van der Waals surface area contributed by atoms with Crippen LogP contribution in [0, 0.1) is 0 Å². The van der Waals surface area contributed by atoms with E-state index >= 15 is 0 Å². The van der Waals surface area contributed by atoms with Crippen molar-refractivity contribution in [1.29, 1.82) is 0 Å². The first kappa shape index (κ1) is 16.0. The maximum Gasteiger partial charge on any atom is 0.223 e. The summed E-state index contributed by atoms with van der Waals surface area (Å²) < 4.78 is 5.65. The molecule has 0 saturated carbocycles. The first-order valence-electron chi connectivity index (χ1n) is 8.14. The van der Waals surface area contributed by atoms with Crippen LogP contribution in [0.15, 0.2) is 28.7 Å². The molecule has 0 radical (unpaired) electrons. The van der Waals surface area contributed by atoms with Gasteiger partial charge in [0.2, 0.25) is 5.91 Å². The minimum Gasteiger partial charge on any atom is -0.441 e. The number of aliphatic hydroxyl groups excluding tert-OH is 1. The van der Waals surface area contributed by atoms with E-state index in [1.807, 2.05) is 29.2 Å². The Bertz CT molecular complexity index is 627. The number of hydrogen-bond donors (Lipinski definition) is 1. The molecule has 124 valence electrons. The lowest BCUT2D eigenvalue weighted by Gasteiger charge is -2.35. The van der Waals surface area contributed by atoms with Crippen molar-refractivity contribution in [2.75, 3.05) is 32.7 Å². The molecule has 1 saturated heterocycles.